The molecule has 172 valence electrons. The van der Waals surface area contributed by atoms with Crippen LogP contribution in [0.15, 0.2) is 52.3 Å². The summed E-state index contributed by atoms with van der Waals surface area (Å²) in [4.78, 5) is 6.84. The molecule has 0 bridgehead atoms. The van der Waals surface area contributed by atoms with Crippen molar-refractivity contribution in [2.45, 2.75) is 33.0 Å². The van der Waals surface area contributed by atoms with E-state index in [1.54, 1.807) is 12.6 Å². The van der Waals surface area contributed by atoms with Gasteiger partial charge in [-0.15, -0.1) is 34.2 Å². The van der Waals surface area contributed by atoms with Crippen molar-refractivity contribution in [1.82, 2.24) is 25.0 Å². The number of hydrogen-bond donors (Lipinski definition) is 1. The monoisotopic (exact) mass is 552 g/mol. The molecule has 10 heteroatoms. The highest BCUT2D eigenvalue weighted by molar-refractivity contribution is 14.0. The Kier molecular flexibility index (Phi) is 8.77. The number of aryl methyl sites for hydroxylation is 1. The molecular weight excluding hydrogens is 523 g/mol. The van der Waals surface area contributed by atoms with Gasteiger partial charge in [-0.25, -0.2) is 4.99 Å². The molecule has 0 aliphatic carbocycles. The van der Waals surface area contributed by atoms with Crippen LogP contribution in [0.2, 0.25) is 0 Å². The molecule has 0 unspecified atom stereocenters. The first-order valence-corrected chi connectivity index (χ1v) is 10.5. The fraction of sp³-hybridized carbons (Fsp3) is 0.409. The number of guanidine groups is 1. The minimum atomic E-state index is 0. The molecule has 0 saturated carbocycles. The molecule has 1 aliphatic heterocycles. The lowest BCUT2D eigenvalue weighted by Crippen LogP contribution is -2.40. The van der Waals surface area contributed by atoms with Gasteiger partial charge in [0.1, 0.15) is 37.7 Å². The second-order valence-corrected chi connectivity index (χ2v) is 7.27. The summed E-state index contributed by atoms with van der Waals surface area (Å²) < 4.78 is 18.8. The van der Waals surface area contributed by atoms with Gasteiger partial charge in [0.15, 0.2) is 17.5 Å². The maximum absolute atomic E-state index is 5.71. The SMILES string of the molecule is CCc1nncn1CCNC(=NCc1ccco1)N(C)Cc1ccc2c(c1)OCCO2.I. The van der Waals surface area contributed by atoms with Gasteiger partial charge < -0.3 is 28.7 Å². The Bertz CT molecular complexity index is 1010. The second-order valence-electron chi connectivity index (χ2n) is 7.27. The second kappa shape index (κ2) is 11.7. The van der Waals surface area contributed by atoms with Crippen LogP contribution in [-0.4, -0.2) is 52.4 Å². The standard InChI is InChI=1S/C22H28N6O3.HI/c1-3-21-26-25-16-28(21)9-8-23-22(24-14-18-5-4-10-29-18)27(2)15-17-6-7-19-20(13-17)31-12-11-30-19;/h4-7,10,13,16H,3,8-9,11-12,14-15H2,1-2H3,(H,23,24);1H. The fourth-order valence-electron chi connectivity index (χ4n) is 3.43. The normalized spacial score (nSPS) is 12.9. The fourth-order valence-corrected chi connectivity index (χ4v) is 3.43. The Morgan fingerprint density at radius 3 is 2.84 bits per heavy atom. The van der Waals surface area contributed by atoms with Crippen LogP contribution >= 0.6 is 24.0 Å². The van der Waals surface area contributed by atoms with Crippen LogP contribution in [0, 0.1) is 0 Å². The molecule has 0 atom stereocenters. The van der Waals surface area contributed by atoms with E-state index >= 15 is 0 Å². The van der Waals surface area contributed by atoms with Crippen LogP contribution in [0.5, 0.6) is 11.5 Å². The average molecular weight is 552 g/mol. The molecule has 9 nitrogen and oxygen atoms in total. The summed E-state index contributed by atoms with van der Waals surface area (Å²) in [5.41, 5.74) is 1.12. The molecule has 0 radical (unpaired) electrons. The minimum Gasteiger partial charge on any atom is -0.486 e. The highest BCUT2D eigenvalue weighted by Gasteiger charge is 2.14. The number of nitrogens with zero attached hydrogens (tertiary/aromatic N) is 5. The average Bonchev–Trinajstić information content (AvgIpc) is 3.47. The predicted octanol–water partition coefficient (Wildman–Crippen LogP) is 3.10. The number of aromatic nitrogens is 3. The Hall–Kier alpha value is -2.76. The molecule has 0 spiro atoms. The summed E-state index contributed by atoms with van der Waals surface area (Å²) in [5, 5.41) is 11.6. The Morgan fingerprint density at radius 2 is 2.06 bits per heavy atom. The third-order valence-corrected chi connectivity index (χ3v) is 5.00. The third-order valence-electron chi connectivity index (χ3n) is 5.00. The zero-order valence-corrected chi connectivity index (χ0v) is 20.7. The predicted molar refractivity (Wildman–Crippen MR) is 132 cm³/mol. The number of aliphatic imine (C=N–C) groups is 1. The number of halogens is 1. The van der Waals surface area contributed by atoms with Gasteiger partial charge in [-0.2, -0.15) is 0 Å². The highest BCUT2D eigenvalue weighted by atomic mass is 127. The van der Waals surface area contributed by atoms with Crippen LogP contribution in [0.1, 0.15) is 24.1 Å². The first-order valence-electron chi connectivity index (χ1n) is 10.5. The Labute approximate surface area is 204 Å². The number of furan rings is 1. The minimum absolute atomic E-state index is 0. The molecule has 0 saturated heterocycles. The van der Waals surface area contributed by atoms with Crippen LogP contribution in [0.4, 0.5) is 0 Å². The van der Waals surface area contributed by atoms with Gasteiger partial charge in [0.2, 0.25) is 0 Å². The lowest BCUT2D eigenvalue weighted by Gasteiger charge is -2.24. The quantitative estimate of drug-likeness (QED) is 0.261. The van der Waals surface area contributed by atoms with Crippen molar-refractivity contribution in [3.63, 3.8) is 0 Å². The van der Waals surface area contributed by atoms with E-state index in [9.17, 15) is 0 Å². The van der Waals surface area contributed by atoms with E-state index < -0.39 is 0 Å². The van der Waals surface area contributed by atoms with Gasteiger partial charge >= 0.3 is 0 Å². The summed E-state index contributed by atoms with van der Waals surface area (Å²) in [7, 11) is 2.01. The van der Waals surface area contributed by atoms with Crippen LogP contribution in [0.3, 0.4) is 0 Å². The number of nitrogens with one attached hydrogen (secondary N) is 1. The van der Waals surface area contributed by atoms with Crippen molar-refractivity contribution in [2.75, 3.05) is 26.8 Å². The van der Waals surface area contributed by atoms with Gasteiger partial charge in [-0.3, -0.25) is 0 Å². The van der Waals surface area contributed by atoms with Gasteiger partial charge in [0.05, 0.1) is 6.26 Å². The number of benzene rings is 1. The van der Waals surface area contributed by atoms with Crippen molar-refractivity contribution in [3.8, 4) is 11.5 Å². The maximum Gasteiger partial charge on any atom is 0.194 e. The number of fused-ring (bicyclic) bond motifs is 1. The molecule has 1 aliphatic rings. The van der Waals surface area contributed by atoms with E-state index in [1.165, 1.54) is 0 Å². The smallest absolute Gasteiger partial charge is 0.194 e. The van der Waals surface area contributed by atoms with E-state index in [-0.39, 0.29) is 24.0 Å². The molecule has 1 N–H and O–H groups in total. The summed E-state index contributed by atoms with van der Waals surface area (Å²) in [6, 6.07) is 9.84. The van der Waals surface area contributed by atoms with Crippen LogP contribution in [0.25, 0.3) is 0 Å². The highest BCUT2D eigenvalue weighted by Crippen LogP contribution is 2.31. The van der Waals surface area contributed by atoms with E-state index in [0.717, 1.165) is 47.6 Å². The molecule has 4 rings (SSSR count). The van der Waals surface area contributed by atoms with Gasteiger partial charge in [0, 0.05) is 33.1 Å². The zero-order valence-electron chi connectivity index (χ0n) is 18.4. The van der Waals surface area contributed by atoms with Gasteiger partial charge in [-0.1, -0.05) is 13.0 Å². The molecule has 3 heterocycles. The number of hydrogen-bond acceptors (Lipinski definition) is 6. The summed E-state index contributed by atoms with van der Waals surface area (Å²) in [6.45, 7) is 5.84. The summed E-state index contributed by atoms with van der Waals surface area (Å²) >= 11 is 0. The largest absolute Gasteiger partial charge is 0.486 e. The van der Waals surface area contributed by atoms with Crippen molar-refractivity contribution in [1.29, 1.82) is 0 Å². The Balaban J connectivity index is 0.00000289. The molecule has 0 amide bonds. The molecular formula is C22H29IN6O3. The lowest BCUT2D eigenvalue weighted by atomic mass is 10.2. The van der Waals surface area contributed by atoms with Gasteiger partial charge in [0.25, 0.3) is 0 Å². The summed E-state index contributed by atoms with van der Waals surface area (Å²) in [5.74, 6) is 4.17. The van der Waals surface area contributed by atoms with E-state index in [2.05, 4.69) is 38.0 Å². The molecule has 0 fully saturated rings. The molecule has 32 heavy (non-hydrogen) atoms. The first kappa shape index (κ1) is 23.9. The van der Waals surface area contributed by atoms with Crippen molar-refractivity contribution in [2.24, 2.45) is 4.99 Å². The van der Waals surface area contributed by atoms with Gasteiger partial charge in [-0.05, 0) is 29.8 Å². The molecule has 2 aromatic heterocycles. The van der Waals surface area contributed by atoms with Crippen molar-refractivity contribution < 1.29 is 13.9 Å². The van der Waals surface area contributed by atoms with Crippen LogP contribution < -0.4 is 14.8 Å². The third kappa shape index (κ3) is 6.15. The summed E-state index contributed by atoms with van der Waals surface area (Å²) in [6.07, 6.45) is 4.28. The maximum atomic E-state index is 5.71. The van der Waals surface area contributed by atoms with E-state index in [0.29, 0.717) is 32.8 Å². The van der Waals surface area contributed by atoms with Crippen molar-refractivity contribution in [3.05, 3.63) is 60.1 Å². The molecule has 1 aromatic carbocycles. The Morgan fingerprint density at radius 1 is 1.22 bits per heavy atom. The zero-order chi connectivity index (χ0) is 21.5. The van der Waals surface area contributed by atoms with Crippen LogP contribution in [-0.2, 0) is 26.1 Å². The van der Waals surface area contributed by atoms with Crippen molar-refractivity contribution >= 4 is 29.9 Å². The topological polar surface area (TPSA) is 89.9 Å². The lowest BCUT2D eigenvalue weighted by molar-refractivity contribution is 0.171. The van der Waals surface area contributed by atoms with E-state index in [4.69, 9.17) is 18.9 Å². The molecule has 3 aromatic rings. The van der Waals surface area contributed by atoms with E-state index in [1.807, 2.05) is 31.3 Å². The number of rotatable bonds is 8. The number of ether oxygens (including phenoxy) is 2. The first-order chi connectivity index (χ1) is 15.2.